The number of benzene rings is 1. The van der Waals surface area contributed by atoms with Crippen LogP contribution in [-0.2, 0) is 6.42 Å². The fourth-order valence-corrected chi connectivity index (χ4v) is 2.66. The zero-order valence-electron chi connectivity index (χ0n) is 9.22. The highest BCUT2D eigenvalue weighted by Crippen LogP contribution is 2.23. The summed E-state index contributed by atoms with van der Waals surface area (Å²) in [4.78, 5) is 0. The molecule has 1 fully saturated rings. The van der Waals surface area contributed by atoms with Gasteiger partial charge in [-0.3, -0.25) is 0 Å². The largest absolute Gasteiger partial charge is 0.314 e. The van der Waals surface area contributed by atoms with Gasteiger partial charge in [0.1, 0.15) is 0 Å². The predicted octanol–water partition coefficient (Wildman–Crippen LogP) is 3.44. The minimum atomic E-state index is 0.678. The first kappa shape index (κ1) is 11.2. The second-order valence-corrected chi connectivity index (χ2v) is 5.19. The minimum Gasteiger partial charge on any atom is -0.314 e. The molecule has 2 rings (SSSR count). The Morgan fingerprint density at radius 2 is 2.27 bits per heavy atom. The van der Waals surface area contributed by atoms with Crippen LogP contribution in [0.1, 0.15) is 30.4 Å². The van der Waals surface area contributed by atoms with Gasteiger partial charge in [0.2, 0.25) is 0 Å². The number of hydrogen-bond acceptors (Lipinski definition) is 1. The molecule has 0 aromatic heterocycles. The average Bonchev–Trinajstić information content (AvgIpc) is 2.26. The highest BCUT2D eigenvalue weighted by Gasteiger charge is 2.14. The molecular formula is C13H18BrN. The van der Waals surface area contributed by atoms with Gasteiger partial charge in [-0.1, -0.05) is 40.5 Å². The van der Waals surface area contributed by atoms with Gasteiger partial charge in [0.05, 0.1) is 0 Å². The van der Waals surface area contributed by atoms with Gasteiger partial charge in [0, 0.05) is 10.5 Å². The molecule has 1 unspecified atom stereocenters. The van der Waals surface area contributed by atoms with Crippen molar-refractivity contribution in [3.63, 3.8) is 0 Å². The van der Waals surface area contributed by atoms with Crippen molar-refractivity contribution in [1.82, 2.24) is 5.32 Å². The third-order valence-electron chi connectivity index (χ3n) is 3.15. The summed E-state index contributed by atoms with van der Waals surface area (Å²) in [5.41, 5.74) is 2.78. The monoisotopic (exact) mass is 267 g/mol. The molecule has 1 aromatic carbocycles. The number of aryl methyl sites for hydroxylation is 1. The van der Waals surface area contributed by atoms with Crippen molar-refractivity contribution in [2.75, 3.05) is 6.54 Å². The summed E-state index contributed by atoms with van der Waals surface area (Å²) in [6.45, 7) is 3.34. The molecule has 1 N–H and O–H groups in total. The molecule has 82 valence electrons. The Morgan fingerprint density at radius 3 is 3.00 bits per heavy atom. The van der Waals surface area contributed by atoms with E-state index in [-0.39, 0.29) is 0 Å². The molecule has 0 saturated carbocycles. The summed E-state index contributed by atoms with van der Waals surface area (Å²) in [6, 6.07) is 7.21. The number of nitrogens with one attached hydrogen (secondary N) is 1. The number of halogens is 1. The highest BCUT2D eigenvalue weighted by molar-refractivity contribution is 9.10. The summed E-state index contributed by atoms with van der Waals surface area (Å²) < 4.78 is 1.29. The van der Waals surface area contributed by atoms with Crippen LogP contribution in [-0.4, -0.2) is 12.6 Å². The molecule has 15 heavy (non-hydrogen) atoms. The zero-order chi connectivity index (χ0) is 10.7. The lowest BCUT2D eigenvalue weighted by atomic mass is 9.97. The zero-order valence-corrected chi connectivity index (χ0v) is 10.8. The van der Waals surface area contributed by atoms with Crippen molar-refractivity contribution >= 4 is 15.9 Å². The third kappa shape index (κ3) is 2.82. The molecule has 1 heterocycles. The van der Waals surface area contributed by atoms with E-state index in [0.717, 1.165) is 6.42 Å². The topological polar surface area (TPSA) is 12.0 Å². The second-order valence-electron chi connectivity index (χ2n) is 4.40. The fourth-order valence-electron chi connectivity index (χ4n) is 2.23. The maximum absolute atomic E-state index is 3.68. The standard InChI is InChI=1S/C13H18BrN/c1-10-5-4-6-11(13(10)14)9-12-7-2-3-8-15-12/h4-6,12,15H,2-3,7-9H2,1H3. The van der Waals surface area contributed by atoms with E-state index >= 15 is 0 Å². The molecule has 1 aliphatic heterocycles. The SMILES string of the molecule is Cc1cccc(CC2CCCCN2)c1Br. The van der Waals surface area contributed by atoms with E-state index in [1.807, 2.05) is 0 Å². The molecule has 1 aliphatic rings. The third-order valence-corrected chi connectivity index (χ3v) is 4.29. The molecule has 2 heteroatoms. The Morgan fingerprint density at radius 1 is 1.40 bits per heavy atom. The van der Waals surface area contributed by atoms with Crippen molar-refractivity contribution in [3.05, 3.63) is 33.8 Å². The second kappa shape index (κ2) is 5.13. The van der Waals surface area contributed by atoms with E-state index in [4.69, 9.17) is 0 Å². The van der Waals surface area contributed by atoms with Crippen LogP contribution in [0.15, 0.2) is 22.7 Å². The van der Waals surface area contributed by atoms with E-state index in [2.05, 4.69) is 46.4 Å². The lowest BCUT2D eigenvalue weighted by Crippen LogP contribution is -2.35. The van der Waals surface area contributed by atoms with Crippen molar-refractivity contribution in [2.24, 2.45) is 0 Å². The molecule has 1 nitrogen and oxygen atoms in total. The van der Waals surface area contributed by atoms with E-state index in [1.54, 1.807) is 0 Å². The fraction of sp³-hybridized carbons (Fsp3) is 0.538. The van der Waals surface area contributed by atoms with Crippen LogP contribution in [0, 0.1) is 6.92 Å². The molecule has 1 saturated heterocycles. The smallest absolute Gasteiger partial charge is 0.0237 e. The van der Waals surface area contributed by atoms with Gasteiger partial charge < -0.3 is 5.32 Å². The van der Waals surface area contributed by atoms with E-state index < -0.39 is 0 Å². The van der Waals surface area contributed by atoms with Crippen molar-refractivity contribution < 1.29 is 0 Å². The molecule has 0 bridgehead atoms. The van der Waals surface area contributed by atoms with Gasteiger partial charge in [-0.2, -0.15) is 0 Å². The van der Waals surface area contributed by atoms with Crippen LogP contribution in [0.5, 0.6) is 0 Å². The quantitative estimate of drug-likeness (QED) is 0.866. The first-order chi connectivity index (χ1) is 7.27. The van der Waals surface area contributed by atoms with Crippen molar-refractivity contribution in [2.45, 2.75) is 38.6 Å². The summed E-state index contributed by atoms with van der Waals surface area (Å²) in [5, 5.41) is 3.59. The van der Waals surface area contributed by atoms with Gasteiger partial charge in [0.25, 0.3) is 0 Å². The first-order valence-electron chi connectivity index (χ1n) is 5.75. The van der Waals surface area contributed by atoms with E-state index in [0.29, 0.717) is 6.04 Å². The van der Waals surface area contributed by atoms with Crippen LogP contribution in [0.25, 0.3) is 0 Å². The maximum atomic E-state index is 3.68. The van der Waals surface area contributed by atoms with Gasteiger partial charge in [0.15, 0.2) is 0 Å². The Labute approximate surface area is 100 Å². The van der Waals surface area contributed by atoms with Crippen LogP contribution in [0.4, 0.5) is 0 Å². The Balaban J connectivity index is 2.06. The molecular weight excluding hydrogens is 250 g/mol. The molecule has 0 amide bonds. The number of rotatable bonds is 2. The summed E-state index contributed by atoms with van der Waals surface area (Å²) in [7, 11) is 0. The summed E-state index contributed by atoms with van der Waals surface area (Å²) in [6.07, 6.45) is 5.19. The number of hydrogen-bond donors (Lipinski definition) is 1. The van der Waals surface area contributed by atoms with Crippen LogP contribution >= 0.6 is 15.9 Å². The lowest BCUT2D eigenvalue weighted by Gasteiger charge is -2.24. The normalized spacial score (nSPS) is 21.6. The molecule has 0 aliphatic carbocycles. The summed E-state index contributed by atoms with van der Waals surface area (Å²) in [5.74, 6) is 0. The molecule has 1 atom stereocenters. The molecule has 1 aromatic rings. The van der Waals surface area contributed by atoms with Gasteiger partial charge >= 0.3 is 0 Å². The lowest BCUT2D eigenvalue weighted by molar-refractivity contribution is 0.399. The van der Waals surface area contributed by atoms with Crippen molar-refractivity contribution in [1.29, 1.82) is 0 Å². The number of piperidine rings is 1. The Kier molecular flexibility index (Phi) is 3.81. The first-order valence-corrected chi connectivity index (χ1v) is 6.54. The van der Waals surface area contributed by atoms with Crippen LogP contribution < -0.4 is 5.32 Å². The van der Waals surface area contributed by atoms with E-state index in [9.17, 15) is 0 Å². The Hall–Kier alpha value is -0.340. The summed E-state index contributed by atoms with van der Waals surface area (Å²) >= 11 is 3.68. The Bertz CT molecular complexity index is 329. The van der Waals surface area contributed by atoms with Gasteiger partial charge in [-0.05, 0) is 43.9 Å². The van der Waals surface area contributed by atoms with E-state index in [1.165, 1.54) is 41.4 Å². The molecule has 0 radical (unpaired) electrons. The molecule has 0 spiro atoms. The van der Waals surface area contributed by atoms with Crippen molar-refractivity contribution in [3.8, 4) is 0 Å². The van der Waals surface area contributed by atoms with Gasteiger partial charge in [-0.25, -0.2) is 0 Å². The predicted molar refractivity (Wildman–Crippen MR) is 68.2 cm³/mol. The van der Waals surface area contributed by atoms with Gasteiger partial charge in [-0.15, -0.1) is 0 Å². The van der Waals surface area contributed by atoms with Crippen LogP contribution in [0.2, 0.25) is 0 Å². The average molecular weight is 268 g/mol. The maximum Gasteiger partial charge on any atom is 0.0237 e. The van der Waals surface area contributed by atoms with Crippen LogP contribution in [0.3, 0.4) is 0 Å². The highest BCUT2D eigenvalue weighted by atomic mass is 79.9. The minimum absolute atomic E-state index is 0.678.